The van der Waals surface area contributed by atoms with Crippen LogP contribution in [0.2, 0.25) is 0 Å². The second-order valence-corrected chi connectivity index (χ2v) is 9.90. The molecule has 2 N–H and O–H groups in total. The van der Waals surface area contributed by atoms with Crippen molar-refractivity contribution in [3.05, 3.63) is 46.5 Å². The van der Waals surface area contributed by atoms with Gasteiger partial charge in [0.05, 0.1) is 25.5 Å². The fraction of sp³-hybridized carbons (Fsp3) is 0.346. The highest BCUT2D eigenvalue weighted by Gasteiger charge is 2.22. The van der Waals surface area contributed by atoms with E-state index >= 15 is 0 Å². The Labute approximate surface area is 216 Å². The summed E-state index contributed by atoms with van der Waals surface area (Å²) in [5.74, 6) is 11.8. The topological polar surface area (TPSA) is 110 Å². The molecule has 1 fully saturated rings. The van der Waals surface area contributed by atoms with Crippen LogP contribution in [0, 0.1) is 35.0 Å². The maximum absolute atomic E-state index is 13.5. The van der Waals surface area contributed by atoms with E-state index in [-0.39, 0.29) is 39.9 Å². The monoisotopic (exact) mass is 523 g/mol. The average Bonchev–Trinajstić information content (AvgIpc) is 3.63. The van der Waals surface area contributed by atoms with E-state index in [1.54, 1.807) is 13.8 Å². The van der Waals surface area contributed by atoms with E-state index in [9.17, 15) is 18.7 Å². The second kappa shape index (κ2) is 11.0. The summed E-state index contributed by atoms with van der Waals surface area (Å²) in [6, 6.07) is 2.68. The SMILES string of the molecule is COc1cnc(C(F)F)cc1-c1cc(C#CC(C)(C)CO)ncc1C(=O)Nc1nnc(C#CC2CC2)s1. The number of methoxy groups -OCH3 is 1. The van der Waals surface area contributed by atoms with Crippen molar-refractivity contribution < 1.29 is 23.4 Å². The van der Waals surface area contributed by atoms with E-state index in [0.29, 0.717) is 10.9 Å². The third-order valence-corrected chi connectivity index (χ3v) is 6.06. The van der Waals surface area contributed by atoms with Gasteiger partial charge < -0.3 is 9.84 Å². The highest BCUT2D eigenvalue weighted by molar-refractivity contribution is 7.15. The molecule has 1 aliphatic carbocycles. The van der Waals surface area contributed by atoms with Crippen LogP contribution in [0.5, 0.6) is 5.75 Å². The standard InChI is InChI=1S/C26H23F2N5O3S/c1-26(2,14-34)9-8-16-10-17(18-11-20(23(27)28)30-13-21(18)36-3)19(12-29-16)24(35)31-25-33-32-22(37-25)7-6-15-4-5-15/h10-13,15,23,34H,4-5,14H2,1-3H3,(H,31,33,35). The smallest absolute Gasteiger partial charge is 0.280 e. The largest absolute Gasteiger partial charge is 0.494 e. The van der Waals surface area contributed by atoms with E-state index in [2.05, 4.69) is 49.2 Å². The number of carbonyl (C=O) groups is 1. The normalized spacial score (nSPS) is 12.8. The van der Waals surface area contributed by atoms with Crippen LogP contribution in [-0.2, 0) is 0 Å². The van der Waals surface area contributed by atoms with Crippen molar-refractivity contribution >= 4 is 22.4 Å². The molecule has 0 bridgehead atoms. The molecule has 37 heavy (non-hydrogen) atoms. The lowest BCUT2D eigenvalue weighted by molar-refractivity contribution is 0.102. The van der Waals surface area contributed by atoms with Gasteiger partial charge in [0.1, 0.15) is 17.1 Å². The lowest BCUT2D eigenvalue weighted by Gasteiger charge is -2.14. The van der Waals surface area contributed by atoms with Crippen LogP contribution in [0.25, 0.3) is 11.1 Å². The number of aromatic nitrogens is 4. The first-order valence-electron chi connectivity index (χ1n) is 11.3. The predicted octanol–water partition coefficient (Wildman–Crippen LogP) is 4.33. The molecule has 190 valence electrons. The van der Waals surface area contributed by atoms with E-state index in [1.165, 1.54) is 31.6 Å². The van der Waals surface area contributed by atoms with Gasteiger partial charge in [-0.3, -0.25) is 15.1 Å². The van der Waals surface area contributed by atoms with Gasteiger partial charge in [0.2, 0.25) is 5.13 Å². The van der Waals surface area contributed by atoms with Crippen LogP contribution in [0.3, 0.4) is 0 Å². The maximum atomic E-state index is 13.5. The number of aliphatic hydroxyl groups excluding tert-OH is 1. The molecule has 1 amide bonds. The summed E-state index contributed by atoms with van der Waals surface area (Å²) < 4.78 is 32.3. The number of aliphatic hydroxyl groups is 1. The van der Waals surface area contributed by atoms with Gasteiger partial charge in [-0.15, -0.1) is 10.2 Å². The minimum Gasteiger partial charge on any atom is -0.494 e. The zero-order valence-electron chi connectivity index (χ0n) is 20.3. The summed E-state index contributed by atoms with van der Waals surface area (Å²) in [6.07, 6.45) is 1.81. The third-order valence-electron chi connectivity index (χ3n) is 5.30. The predicted molar refractivity (Wildman–Crippen MR) is 134 cm³/mol. The zero-order valence-corrected chi connectivity index (χ0v) is 21.1. The molecule has 0 atom stereocenters. The number of anilines is 1. The Morgan fingerprint density at radius 1 is 1.22 bits per heavy atom. The summed E-state index contributed by atoms with van der Waals surface area (Å²) in [4.78, 5) is 21.3. The fourth-order valence-corrected chi connectivity index (χ4v) is 3.63. The van der Waals surface area contributed by atoms with Gasteiger partial charge in [0.25, 0.3) is 12.3 Å². The van der Waals surface area contributed by atoms with Crippen LogP contribution in [0.1, 0.15) is 59.9 Å². The van der Waals surface area contributed by atoms with Gasteiger partial charge in [0, 0.05) is 28.7 Å². The highest BCUT2D eigenvalue weighted by Crippen LogP contribution is 2.35. The van der Waals surface area contributed by atoms with Gasteiger partial charge in [-0.2, -0.15) is 0 Å². The molecule has 8 nitrogen and oxygen atoms in total. The Morgan fingerprint density at radius 2 is 2.00 bits per heavy atom. The molecule has 3 aromatic heterocycles. The average molecular weight is 524 g/mol. The van der Waals surface area contributed by atoms with Gasteiger partial charge >= 0.3 is 0 Å². The molecular weight excluding hydrogens is 500 g/mol. The molecule has 3 aromatic rings. The fourth-order valence-electron chi connectivity index (χ4n) is 3.03. The molecule has 11 heteroatoms. The summed E-state index contributed by atoms with van der Waals surface area (Å²) in [5.41, 5.74) is -0.323. The van der Waals surface area contributed by atoms with Crippen LogP contribution in [0.4, 0.5) is 13.9 Å². The van der Waals surface area contributed by atoms with Crippen LogP contribution >= 0.6 is 11.3 Å². The van der Waals surface area contributed by atoms with E-state index < -0.39 is 23.4 Å². The maximum Gasteiger partial charge on any atom is 0.280 e. The summed E-state index contributed by atoms with van der Waals surface area (Å²) in [5, 5.41) is 20.8. The van der Waals surface area contributed by atoms with Crippen molar-refractivity contribution in [2.24, 2.45) is 11.3 Å². The molecule has 3 heterocycles. The summed E-state index contributed by atoms with van der Waals surface area (Å²) in [7, 11) is 1.37. The number of carbonyl (C=O) groups excluding carboxylic acids is 1. The third kappa shape index (κ3) is 6.64. The molecule has 0 aliphatic heterocycles. The Balaban J connectivity index is 1.74. The first kappa shape index (κ1) is 26.1. The van der Waals surface area contributed by atoms with Crippen LogP contribution < -0.4 is 10.1 Å². The lowest BCUT2D eigenvalue weighted by atomic mass is 9.95. The van der Waals surface area contributed by atoms with Crippen molar-refractivity contribution in [2.45, 2.75) is 33.1 Å². The first-order chi connectivity index (χ1) is 17.7. The Hall–Kier alpha value is -3.93. The van der Waals surface area contributed by atoms with Crippen molar-refractivity contribution in [2.75, 3.05) is 19.0 Å². The van der Waals surface area contributed by atoms with Crippen LogP contribution in [0.15, 0.2) is 24.5 Å². The zero-order chi connectivity index (χ0) is 26.6. The Kier molecular flexibility index (Phi) is 7.77. The Morgan fingerprint density at radius 3 is 2.68 bits per heavy atom. The molecule has 4 rings (SSSR count). The molecule has 1 aliphatic rings. The van der Waals surface area contributed by atoms with E-state index in [0.717, 1.165) is 24.2 Å². The number of nitrogens with zero attached hydrogens (tertiary/aromatic N) is 4. The summed E-state index contributed by atoms with van der Waals surface area (Å²) >= 11 is 1.13. The van der Waals surface area contributed by atoms with Crippen molar-refractivity contribution in [1.29, 1.82) is 0 Å². The molecule has 0 aromatic carbocycles. The number of rotatable bonds is 6. The molecule has 0 unspecified atom stereocenters. The minimum atomic E-state index is -2.83. The van der Waals surface area contributed by atoms with Crippen molar-refractivity contribution in [1.82, 2.24) is 20.2 Å². The number of pyridine rings is 2. The number of nitrogens with one attached hydrogen (secondary N) is 1. The number of halogens is 2. The quantitative estimate of drug-likeness (QED) is 0.463. The van der Waals surface area contributed by atoms with Gasteiger partial charge in [0.15, 0.2) is 5.01 Å². The molecule has 0 radical (unpaired) electrons. The number of hydrogen-bond donors (Lipinski definition) is 2. The summed E-state index contributed by atoms with van der Waals surface area (Å²) in [6.45, 7) is 3.35. The van der Waals surface area contributed by atoms with Crippen molar-refractivity contribution in [3.8, 4) is 40.6 Å². The van der Waals surface area contributed by atoms with Gasteiger partial charge in [-0.05, 0) is 50.7 Å². The number of hydrogen-bond acceptors (Lipinski definition) is 8. The van der Waals surface area contributed by atoms with E-state index in [1.807, 2.05) is 0 Å². The van der Waals surface area contributed by atoms with E-state index in [4.69, 9.17) is 4.74 Å². The Bertz CT molecular complexity index is 1450. The molecular formula is C26H23F2N5O3S. The van der Waals surface area contributed by atoms with Crippen molar-refractivity contribution in [3.63, 3.8) is 0 Å². The highest BCUT2D eigenvalue weighted by atomic mass is 32.1. The number of amides is 1. The van der Waals surface area contributed by atoms with Gasteiger partial charge in [-0.1, -0.05) is 23.2 Å². The minimum absolute atomic E-state index is 0.0810. The number of ether oxygens (including phenoxy) is 1. The lowest BCUT2D eigenvalue weighted by Crippen LogP contribution is -2.15. The van der Waals surface area contributed by atoms with Gasteiger partial charge in [-0.25, -0.2) is 13.8 Å². The molecule has 0 spiro atoms. The number of alkyl halides is 2. The first-order valence-corrected chi connectivity index (χ1v) is 12.1. The molecule has 0 saturated heterocycles. The second-order valence-electron chi connectivity index (χ2n) is 8.93. The molecule has 1 saturated carbocycles. The van der Waals surface area contributed by atoms with Crippen LogP contribution in [-0.4, -0.2) is 44.9 Å².